The van der Waals surface area contributed by atoms with Crippen LogP contribution in [0.1, 0.15) is 47.0 Å². The Morgan fingerprint density at radius 1 is 1.36 bits per heavy atom. The molecular formula is C12H28N2. The van der Waals surface area contributed by atoms with Gasteiger partial charge in [0.05, 0.1) is 0 Å². The zero-order chi connectivity index (χ0) is 11.0. The molecule has 2 nitrogen and oxygen atoms in total. The van der Waals surface area contributed by atoms with Gasteiger partial charge in [0.2, 0.25) is 0 Å². The molecule has 0 heterocycles. The van der Waals surface area contributed by atoms with Crippen molar-refractivity contribution in [3.8, 4) is 0 Å². The van der Waals surface area contributed by atoms with Crippen LogP contribution in [0.5, 0.6) is 0 Å². The second-order valence-corrected chi connectivity index (χ2v) is 5.18. The fourth-order valence-corrected chi connectivity index (χ4v) is 1.35. The van der Waals surface area contributed by atoms with E-state index in [9.17, 15) is 0 Å². The minimum atomic E-state index is 0.438. The molecule has 0 saturated carbocycles. The first-order valence-corrected chi connectivity index (χ1v) is 5.92. The maximum atomic E-state index is 5.48. The molecule has 0 aromatic carbocycles. The van der Waals surface area contributed by atoms with Gasteiger partial charge in [-0.05, 0) is 43.7 Å². The number of hydrogen-bond acceptors (Lipinski definition) is 2. The molecule has 0 saturated heterocycles. The molecule has 1 unspecified atom stereocenters. The van der Waals surface area contributed by atoms with E-state index in [-0.39, 0.29) is 0 Å². The molecule has 2 heteroatoms. The van der Waals surface area contributed by atoms with E-state index in [1.807, 2.05) is 0 Å². The molecule has 0 bridgehead atoms. The first-order valence-electron chi connectivity index (χ1n) is 5.92. The van der Waals surface area contributed by atoms with Crippen LogP contribution in [0, 0.1) is 11.3 Å². The predicted molar refractivity (Wildman–Crippen MR) is 64.4 cm³/mol. The third-order valence-electron chi connectivity index (χ3n) is 2.95. The molecule has 0 aromatic heterocycles. The second kappa shape index (κ2) is 7.24. The van der Waals surface area contributed by atoms with Gasteiger partial charge in [0.25, 0.3) is 0 Å². The van der Waals surface area contributed by atoms with Crippen LogP contribution in [0.4, 0.5) is 0 Å². The first kappa shape index (κ1) is 13.9. The van der Waals surface area contributed by atoms with Crippen LogP contribution in [-0.2, 0) is 0 Å². The fourth-order valence-electron chi connectivity index (χ4n) is 1.35. The van der Waals surface area contributed by atoms with Crippen molar-refractivity contribution in [3.05, 3.63) is 0 Å². The van der Waals surface area contributed by atoms with Crippen molar-refractivity contribution < 1.29 is 0 Å². The lowest BCUT2D eigenvalue weighted by Crippen LogP contribution is -2.32. The van der Waals surface area contributed by atoms with Gasteiger partial charge < -0.3 is 11.1 Å². The van der Waals surface area contributed by atoms with E-state index in [1.54, 1.807) is 0 Å². The predicted octanol–water partition coefficient (Wildman–Crippen LogP) is 2.39. The van der Waals surface area contributed by atoms with Crippen LogP contribution in [0.25, 0.3) is 0 Å². The Balaban J connectivity index is 3.43. The smallest absolute Gasteiger partial charge is 0.000253 e. The van der Waals surface area contributed by atoms with Gasteiger partial charge in [-0.3, -0.25) is 0 Å². The standard InChI is InChI=1S/C12H28N2/c1-5-12(3,4)10-14-9-11(2)7-6-8-13/h11,14H,5-10,13H2,1-4H3. The Labute approximate surface area is 89.6 Å². The van der Waals surface area contributed by atoms with Crippen LogP contribution in [0.3, 0.4) is 0 Å². The number of rotatable bonds is 8. The number of hydrogen-bond donors (Lipinski definition) is 2. The van der Waals surface area contributed by atoms with E-state index in [1.165, 1.54) is 12.8 Å². The normalized spacial score (nSPS) is 14.4. The lowest BCUT2D eigenvalue weighted by atomic mass is 9.90. The summed E-state index contributed by atoms with van der Waals surface area (Å²) in [6.45, 7) is 12.2. The van der Waals surface area contributed by atoms with Gasteiger partial charge >= 0.3 is 0 Å². The first-order chi connectivity index (χ1) is 6.52. The topological polar surface area (TPSA) is 38.0 Å². The van der Waals surface area contributed by atoms with Crippen LogP contribution in [-0.4, -0.2) is 19.6 Å². The average molecular weight is 200 g/mol. The van der Waals surface area contributed by atoms with Gasteiger partial charge in [0.15, 0.2) is 0 Å². The minimum absolute atomic E-state index is 0.438. The summed E-state index contributed by atoms with van der Waals surface area (Å²) in [6.07, 6.45) is 3.63. The van der Waals surface area contributed by atoms with Crippen molar-refractivity contribution in [2.75, 3.05) is 19.6 Å². The summed E-state index contributed by atoms with van der Waals surface area (Å²) in [5.74, 6) is 0.756. The highest BCUT2D eigenvalue weighted by Gasteiger charge is 2.14. The van der Waals surface area contributed by atoms with E-state index >= 15 is 0 Å². The van der Waals surface area contributed by atoms with Gasteiger partial charge in [-0.25, -0.2) is 0 Å². The van der Waals surface area contributed by atoms with Crippen LogP contribution >= 0.6 is 0 Å². The van der Waals surface area contributed by atoms with Crippen molar-refractivity contribution >= 4 is 0 Å². The number of nitrogens with two attached hydrogens (primary N) is 1. The number of nitrogens with one attached hydrogen (secondary N) is 1. The Morgan fingerprint density at radius 2 is 2.00 bits per heavy atom. The summed E-state index contributed by atoms with van der Waals surface area (Å²) < 4.78 is 0. The van der Waals surface area contributed by atoms with Crippen LogP contribution in [0.2, 0.25) is 0 Å². The van der Waals surface area contributed by atoms with E-state index < -0.39 is 0 Å². The van der Waals surface area contributed by atoms with Crippen LogP contribution < -0.4 is 11.1 Å². The molecule has 0 aliphatic heterocycles. The van der Waals surface area contributed by atoms with Gasteiger partial charge in [-0.1, -0.05) is 27.7 Å². The monoisotopic (exact) mass is 200 g/mol. The van der Waals surface area contributed by atoms with E-state index in [0.717, 1.165) is 32.0 Å². The summed E-state index contributed by atoms with van der Waals surface area (Å²) >= 11 is 0. The largest absolute Gasteiger partial charge is 0.330 e. The Kier molecular flexibility index (Phi) is 7.20. The molecule has 0 aliphatic rings. The molecule has 1 atom stereocenters. The molecule has 0 rings (SSSR count). The lowest BCUT2D eigenvalue weighted by Gasteiger charge is -2.24. The van der Waals surface area contributed by atoms with Crippen molar-refractivity contribution in [2.24, 2.45) is 17.1 Å². The highest BCUT2D eigenvalue weighted by molar-refractivity contribution is 4.70. The summed E-state index contributed by atoms with van der Waals surface area (Å²) in [4.78, 5) is 0. The molecule has 0 radical (unpaired) electrons. The van der Waals surface area contributed by atoms with Gasteiger partial charge in [-0.15, -0.1) is 0 Å². The molecule has 0 spiro atoms. The van der Waals surface area contributed by atoms with E-state index in [2.05, 4.69) is 33.0 Å². The molecule has 0 fully saturated rings. The fraction of sp³-hybridized carbons (Fsp3) is 1.00. The molecule has 0 aromatic rings. The zero-order valence-corrected chi connectivity index (χ0v) is 10.4. The van der Waals surface area contributed by atoms with Crippen LogP contribution in [0.15, 0.2) is 0 Å². The highest BCUT2D eigenvalue weighted by Crippen LogP contribution is 2.17. The summed E-state index contributed by atoms with van der Waals surface area (Å²) in [5.41, 5.74) is 5.91. The van der Waals surface area contributed by atoms with Crippen molar-refractivity contribution in [2.45, 2.75) is 47.0 Å². The van der Waals surface area contributed by atoms with E-state index in [4.69, 9.17) is 5.73 Å². The summed E-state index contributed by atoms with van der Waals surface area (Å²) in [5, 5.41) is 3.54. The molecule has 14 heavy (non-hydrogen) atoms. The third-order valence-corrected chi connectivity index (χ3v) is 2.95. The molecule has 86 valence electrons. The zero-order valence-electron chi connectivity index (χ0n) is 10.4. The molecule has 0 aliphatic carbocycles. The quantitative estimate of drug-likeness (QED) is 0.631. The lowest BCUT2D eigenvalue weighted by molar-refractivity contribution is 0.315. The minimum Gasteiger partial charge on any atom is -0.330 e. The summed E-state index contributed by atoms with van der Waals surface area (Å²) in [7, 11) is 0. The Morgan fingerprint density at radius 3 is 2.50 bits per heavy atom. The van der Waals surface area contributed by atoms with E-state index in [0.29, 0.717) is 5.41 Å². The van der Waals surface area contributed by atoms with Gasteiger partial charge in [-0.2, -0.15) is 0 Å². The summed E-state index contributed by atoms with van der Waals surface area (Å²) in [6, 6.07) is 0. The van der Waals surface area contributed by atoms with Gasteiger partial charge in [0.1, 0.15) is 0 Å². The Hall–Kier alpha value is -0.0800. The average Bonchev–Trinajstić information content (AvgIpc) is 2.14. The third kappa shape index (κ3) is 7.34. The Bertz CT molecular complexity index is 132. The highest BCUT2D eigenvalue weighted by atomic mass is 14.9. The molecule has 0 amide bonds. The van der Waals surface area contributed by atoms with Crippen molar-refractivity contribution in [1.29, 1.82) is 0 Å². The van der Waals surface area contributed by atoms with Crippen molar-refractivity contribution in [3.63, 3.8) is 0 Å². The maximum absolute atomic E-state index is 5.48. The maximum Gasteiger partial charge on any atom is 0.000253 e. The molecular weight excluding hydrogens is 172 g/mol. The second-order valence-electron chi connectivity index (χ2n) is 5.18. The SMILES string of the molecule is CCC(C)(C)CNCC(C)CCCN. The molecule has 3 N–H and O–H groups in total. The van der Waals surface area contributed by atoms with Crippen molar-refractivity contribution in [1.82, 2.24) is 5.32 Å². The van der Waals surface area contributed by atoms with Gasteiger partial charge in [0, 0.05) is 6.54 Å².